The maximum absolute atomic E-state index is 12.5. The van der Waals surface area contributed by atoms with Crippen LogP contribution in [0.2, 0.25) is 0 Å². The van der Waals surface area contributed by atoms with Crippen molar-refractivity contribution in [3.05, 3.63) is 48.0 Å². The molecule has 2 aliphatic rings. The predicted octanol–water partition coefficient (Wildman–Crippen LogP) is 4.38. The summed E-state index contributed by atoms with van der Waals surface area (Å²) in [6, 6.07) is 11.3. The minimum absolute atomic E-state index is 0.0360. The van der Waals surface area contributed by atoms with Gasteiger partial charge in [-0.1, -0.05) is 12.1 Å². The van der Waals surface area contributed by atoms with Gasteiger partial charge in [0.25, 0.3) is 0 Å². The van der Waals surface area contributed by atoms with Crippen LogP contribution in [0.1, 0.15) is 5.56 Å². The molecule has 0 aromatic heterocycles. The molecule has 30 heavy (non-hydrogen) atoms. The van der Waals surface area contributed by atoms with E-state index in [9.17, 15) is 18.0 Å². The molecule has 2 aromatic carbocycles. The Bertz CT molecular complexity index is 918. The van der Waals surface area contributed by atoms with E-state index in [1.807, 2.05) is 18.2 Å². The summed E-state index contributed by atoms with van der Waals surface area (Å²) in [5, 5.41) is 2.69. The van der Waals surface area contributed by atoms with Crippen LogP contribution in [0.15, 0.2) is 47.4 Å². The first-order valence-corrected chi connectivity index (χ1v) is 10.2. The Balaban J connectivity index is 1.28. The smallest absolute Gasteiger partial charge is 0.446 e. The highest BCUT2D eigenvalue weighted by Crippen LogP contribution is 2.37. The van der Waals surface area contributed by atoms with Crippen LogP contribution in [0.4, 0.5) is 23.7 Å². The van der Waals surface area contributed by atoms with Crippen molar-refractivity contribution in [2.45, 2.75) is 16.9 Å². The number of amides is 2. The zero-order valence-electron chi connectivity index (χ0n) is 15.9. The number of piperazine rings is 1. The number of hydrogen-bond acceptors (Lipinski definition) is 5. The highest BCUT2D eigenvalue weighted by atomic mass is 32.2. The van der Waals surface area contributed by atoms with E-state index in [1.165, 1.54) is 18.2 Å². The lowest BCUT2D eigenvalue weighted by Gasteiger charge is -2.34. The van der Waals surface area contributed by atoms with E-state index in [4.69, 9.17) is 9.47 Å². The molecule has 4 rings (SSSR count). The molecule has 0 radical (unpaired) electrons. The predicted molar refractivity (Wildman–Crippen MR) is 107 cm³/mol. The molecule has 6 nitrogen and oxygen atoms in total. The van der Waals surface area contributed by atoms with Gasteiger partial charge in [0.05, 0.1) is 0 Å². The summed E-state index contributed by atoms with van der Waals surface area (Å²) in [5.41, 5.74) is -2.91. The molecule has 1 fully saturated rings. The summed E-state index contributed by atoms with van der Waals surface area (Å²) in [6.45, 7) is 3.45. The summed E-state index contributed by atoms with van der Waals surface area (Å²) < 4.78 is 48.3. The SMILES string of the molecule is O=C(Nc1cccc(SC(F)(F)F)c1)N1CCN(Cc2ccc3c(c2)OCO3)CC1. The van der Waals surface area contributed by atoms with Gasteiger partial charge in [0.2, 0.25) is 6.79 Å². The van der Waals surface area contributed by atoms with Crippen LogP contribution in [-0.2, 0) is 6.54 Å². The Morgan fingerprint density at radius 2 is 1.80 bits per heavy atom. The number of urea groups is 1. The number of nitrogens with zero attached hydrogens (tertiary/aromatic N) is 2. The molecule has 1 saturated heterocycles. The molecule has 1 N–H and O–H groups in total. The van der Waals surface area contributed by atoms with E-state index in [1.54, 1.807) is 11.0 Å². The van der Waals surface area contributed by atoms with Gasteiger partial charge in [-0.15, -0.1) is 0 Å². The normalized spacial score (nSPS) is 16.6. The Labute approximate surface area is 175 Å². The number of fused-ring (bicyclic) bond motifs is 1. The molecule has 0 atom stereocenters. The number of carbonyl (C=O) groups excluding carboxylic acids is 1. The summed E-state index contributed by atoms with van der Waals surface area (Å²) in [5.74, 6) is 1.49. The summed E-state index contributed by atoms with van der Waals surface area (Å²) in [7, 11) is 0. The van der Waals surface area contributed by atoms with E-state index in [2.05, 4.69) is 10.2 Å². The number of rotatable bonds is 4. The van der Waals surface area contributed by atoms with Gasteiger partial charge in [0.1, 0.15) is 0 Å². The van der Waals surface area contributed by atoms with Crippen LogP contribution in [0.25, 0.3) is 0 Å². The van der Waals surface area contributed by atoms with Crippen molar-refractivity contribution >= 4 is 23.5 Å². The van der Waals surface area contributed by atoms with Crippen molar-refractivity contribution in [3.8, 4) is 11.5 Å². The highest BCUT2D eigenvalue weighted by Gasteiger charge is 2.29. The number of carbonyl (C=O) groups is 1. The number of ether oxygens (including phenoxy) is 2. The molecule has 0 spiro atoms. The molecular weight excluding hydrogens is 419 g/mol. The Kier molecular flexibility index (Phi) is 5.96. The molecule has 2 aromatic rings. The minimum Gasteiger partial charge on any atom is -0.454 e. The average molecular weight is 439 g/mol. The van der Waals surface area contributed by atoms with E-state index >= 15 is 0 Å². The fourth-order valence-electron chi connectivity index (χ4n) is 3.38. The number of nitrogens with one attached hydrogen (secondary N) is 1. The fraction of sp³-hybridized carbons (Fsp3) is 0.350. The van der Waals surface area contributed by atoms with Crippen LogP contribution in [0, 0.1) is 0 Å². The minimum atomic E-state index is -4.36. The summed E-state index contributed by atoms with van der Waals surface area (Å²) in [4.78, 5) is 16.4. The summed E-state index contributed by atoms with van der Waals surface area (Å²) >= 11 is -0.202. The second kappa shape index (κ2) is 8.65. The zero-order chi connectivity index (χ0) is 21.1. The number of anilines is 1. The van der Waals surface area contributed by atoms with Gasteiger partial charge in [-0.05, 0) is 47.7 Å². The number of hydrogen-bond donors (Lipinski definition) is 1. The van der Waals surface area contributed by atoms with Gasteiger partial charge in [-0.3, -0.25) is 4.90 Å². The first kappa shape index (κ1) is 20.7. The monoisotopic (exact) mass is 439 g/mol. The lowest BCUT2D eigenvalue weighted by atomic mass is 10.1. The van der Waals surface area contributed by atoms with E-state index in [-0.39, 0.29) is 29.5 Å². The topological polar surface area (TPSA) is 54.0 Å². The fourth-order valence-corrected chi connectivity index (χ4v) is 3.98. The second-order valence-corrected chi connectivity index (χ2v) is 8.10. The van der Waals surface area contributed by atoms with E-state index < -0.39 is 5.51 Å². The van der Waals surface area contributed by atoms with Gasteiger partial charge in [0, 0.05) is 43.3 Å². The maximum atomic E-state index is 12.5. The first-order valence-electron chi connectivity index (χ1n) is 9.38. The van der Waals surface area contributed by atoms with Crippen LogP contribution >= 0.6 is 11.8 Å². The van der Waals surface area contributed by atoms with Crippen LogP contribution in [0.5, 0.6) is 11.5 Å². The third-order valence-electron chi connectivity index (χ3n) is 4.82. The number of halogens is 3. The van der Waals surface area contributed by atoms with Crippen molar-refractivity contribution < 1.29 is 27.4 Å². The van der Waals surface area contributed by atoms with Crippen molar-refractivity contribution in [3.63, 3.8) is 0 Å². The molecular formula is C20H20F3N3O3S. The van der Waals surface area contributed by atoms with Gasteiger partial charge >= 0.3 is 11.5 Å². The van der Waals surface area contributed by atoms with Crippen molar-refractivity contribution in [2.24, 2.45) is 0 Å². The highest BCUT2D eigenvalue weighted by molar-refractivity contribution is 8.00. The molecule has 2 heterocycles. The molecule has 160 valence electrons. The molecule has 2 amide bonds. The third kappa shape index (κ3) is 5.31. The number of thioether (sulfide) groups is 1. The van der Waals surface area contributed by atoms with Crippen LogP contribution < -0.4 is 14.8 Å². The molecule has 0 aliphatic carbocycles. The summed E-state index contributed by atoms with van der Waals surface area (Å²) in [6.07, 6.45) is 0. The quantitative estimate of drug-likeness (QED) is 0.717. The first-order chi connectivity index (χ1) is 14.4. The van der Waals surface area contributed by atoms with Gasteiger partial charge in [0.15, 0.2) is 11.5 Å². The maximum Gasteiger partial charge on any atom is 0.446 e. The Morgan fingerprint density at radius 3 is 2.57 bits per heavy atom. The third-order valence-corrected chi connectivity index (χ3v) is 5.54. The van der Waals surface area contributed by atoms with Crippen molar-refractivity contribution in [1.29, 1.82) is 0 Å². The van der Waals surface area contributed by atoms with Crippen LogP contribution in [0.3, 0.4) is 0 Å². The zero-order valence-corrected chi connectivity index (χ0v) is 16.8. The Morgan fingerprint density at radius 1 is 1.03 bits per heavy atom. The average Bonchev–Trinajstić information content (AvgIpc) is 3.15. The lowest BCUT2D eigenvalue weighted by Crippen LogP contribution is -2.49. The van der Waals surface area contributed by atoms with Gasteiger partial charge in [-0.25, -0.2) is 4.79 Å². The Hall–Kier alpha value is -2.59. The molecule has 0 bridgehead atoms. The molecule has 0 saturated carbocycles. The number of benzene rings is 2. The lowest BCUT2D eigenvalue weighted by molar-refractivity contribution is -0.0328. The largest absolute Gasteiger partial charge is 0.454 e. The standard InChI is InChI=1S/C20H20F3N3O3S/c21-20(22,23)30-16-3-1-2-15(11-16)24-19(27)26-8-6-25(7-9-26)12-14-4-5-17-18(10-14)29-13-28-17/h1-5,10-11H,6-9,12-13H2,(H,24,27). The van der Waals surface area contributed by atoms with Crippen molar-refractivity contribution in [2.75, 3.05) is 38.3 Å². The second-order valence-electron chi connectivity index (χ2n) is 6.96. The van der Waals surface area contributed by atoms with E-state index in [0.29, 0.717) is 31.9 Å². The van der Waals surface area contributed by atoms with Gasteiger partial charge < -0.3 is 19.7 Å². The molecule has 10 heteroatoms. The van der Waals surface area contributed by atoms with Gasteiger partial charge in [-0.2, -0.15) is 13.2 Å². The van der Waals surface area contributed by atoms with Crippen LogP contribution in [-0.4, -0.2) is 54.3 Å². The van der Waals surface area contributed by atoms with E-state index in [0.717, 1.165) is 23.6 Å². The molecule has 0 unspecified atom stereocenters. The molecule has 2 aliphatic heterocycles. The number of alkyl halides is 3. The van der Waals surface area contributed by atoms with Crippen molar-refractivity contribution in [1.82, 2.24) is 9.80 Å².